The van der Waals surface area contributed by atoms with Crippen LogP contribution in [0.2, 0.25) is 0 Å². The van der Waals surface area contributed by atoms with Crippen LogP contribution in [0, 0.1) is 18.4 Å². The molecular weight excluding hydrogens is 548 g/mol. The summed E-state index contributed by atoms with van der Waals surface area (Å²) in [6, 6.07) is 7.73. The van der Waals surface area contributed by atoms with E-state index in [0.717, 1.165) is 54.7 Å². The van der Waals surface area contributed by atoms with Crippen molar-refractivity contribution >= 4 is 49.5 Å². The number of morpholine rings is 1. The molecule has 1 aromatic carbocycles. The molecule has 10 nitrogen and oxygen atoms in total. The molecule has 3 aromatic heterocycles. The van der Waals surface area contributed by atoms with Gasteiger partial charge in [0.2, 0.25) is 11.6 Å². The summed E-state index contributed by atoms with van der Waals surface area (Å²) in [7, 11) is 0. The Labute approximate surface area is 228 Å². The quantitative estimate of drug-likeness (QED) is 0.337. The number of hydrogen-bond donors (Lipinski definition) is 2. The van der Waals surface area contributed by atoms with Crippen molar-refractivity contribution in [3.63, 3.8) is 0 Å². The van der Waals surface area contributed by atoms with E-state index in [1.165, 1.54) is 0 Å². The van der Waals surface area contributed by atoms with Gasteiger partial charge in [0, 0.05) is 43.9 Å². The van der Waals surface area contributed by atoms with Crippen LogP contribution in [0.4, 0.5) is 5.69 Å². The van der Waals surface area contributed by atoms with Crippen molar-refractivity contribution < 1.29 is 9.53 Å². The number of rotatable bonds is 6. The van der Waals surface area contributed by atoms with Crippen LogP contribution < -0.4 is 10.6 Å². The molecule has 11 heteroatoms. The van der Waals surface area contributed by atoms with E-state index in [4.69, 9.17) is 16.3 Å². The molecule has 1 aliphatic carbocycles. The molecule has 0 unspecified atom stereocenters. The van der Waals surface area contributed by atoms with Gasteiger partial charge < -0.3 is 15.4 Å². The molecule has 2 fully saturated rings. The first kappa shape index (κ1) is 24.9. The van der Waals surface area contributed by atoms with Crippen LogP contribution in [-0.4, -0.2) is 63.0 Å². The van der Waals surface area contributed by atoms with Crippen LogP contribution in [-0.2, 0) is 16.0 Å². The van der Waals surface area contributed by atoms with E-state index >= 15 is 0 Å². The van der Waals surface area contributed by atoms with Crippen LogP contribution in [0.25, 0.3) is 32.5 Å². The molecule has 1 saturated heterocycles. The standard InChI is InChI=1S/C27H27BrN8O2/c1-29-22-12-20(11-17-3-2-6-31-24(17)22)36-26-21(25(28)35-36)14-32-23(34-26)10-16-4-5-18(9-16)27(37)33-13-19-15-38-8-7-30-19/h2-3,6,11-12,14,16,18-19,30H,4-5,7-10,13,15H2,(H,33,37)/t16-,18-,19-/m1/s1. The molecule has 0 bridgehead atoms. The Bertz CT molecular complexity index is 1540. The summed E-state index contributed by atoms with van der Waals surface area (Å²) in [5.74, 6) is 1.22. The highest BCUT2D eigenvalue weighted by molar-refractivity contribution is 9.10. The summed E-state index contributed by atoms with van der Waals surface area (Å²) in [5, 5.41) is 12.8. The lowest BCUT2D eigenvalue weighted by molar-refractivity contribution is -0.125. The number of benzene rings is 1. The van der Waals surface area contributed by atoms with Gasteiger partial charge in [-0.05, 0) is 64.7 Å². The average Bonchev–Trinajstić information content (AvgIpc) is 3.56. The maximum Gasteiger partial charge on any atom is 0.223 e. The number of ether oxygens (including phenoxy) is 1. The maximum absolute atomic E-state index is 12.8. The van der Waals surface area contributed by atoms with Gasteiger partial charge in [-0.25, -0.2) is 19.5 Å². The van der Waals surface area contributed by atoms with E-state index in [9.17, 15) is 4.79 Å². The predicted octanol–water partition coefficient (Wildman–Crippen LogP) is 3.74. The van der Waals surface area contributed by atoms with Crippen molar-refractivity contribution in [3.8, 4) is 5.69 Å². The number of nitrogens with zero attached hydrogens (tertiary/aromatic N) is 6. The number of carbonyl (C=O) groups excluding carboxylic acids is 1. The number of aromatic nitrogens is 5. The van der Waals surface area contributed by atoms with Crippen LogP contribution in [0.3, 0.4) is 0 Å². The fourth-order valence-electron chi connectivity index (χ4n) is 5.42. The van der Waals surface area contributed by atoms with Crippen molar-refractivity contribution in [3.05, 3.63) is 58.5 Å². The van der Waals surface area contributed by atoms with Crippen LogP contribution in [0.1, 0.15) is 25.1 Å². The molecule has 38 heavy (non-hydrogen) atoms. The second kappa shape index (κ2) is 10.7. The predicted molar refractivity (Wildman–Crippen MR) is 146 cm³/mol. The third-order valence-electron chi connectivity index (χ3n) is 7.37. The highest BCUT2D eigenvalue weighted by Gasteiger charge is 2.31. The number of hydrogen-bond acceptors (Lipinski definition) is 7. The van der Waals surface area contributed by atoms with Crippen molar-refractivity contribution in [2.24, 2.45) is 11.8 Å². The van der Waals surface area contributed by atoms with Gasteiger partial charge >= 0.3 is 0 Å². The number of halogens is 1. The van der Waals surface area contributed by atoms with E-state index in [-0.39, 0.29) is 17.9 Å². The largest absolute Gasteiger partial charge is 0.378 e. The second-order valence-corrected chi connectivity index (χ2v) is 10.7. The zero-order valence-corrected chi connectivity index (χ0v) is 22.3. The Morgan fingerprint density at radius 2 is 2.24 bits per heavy atom. The molecule has 4 aromatic rings. The molecule has 0 radical (unpaired) electrons. The van der Waals surface area contributed by atoms with Crippen molar-refractivity contribution in [2.45, 2.75) is 31.7 Å². The van der Waals surface area contributed by atoms with Gasteiger partial charge in [0.05, 0.1) is 36.4 Å². The Hall–Kier alpha value is -3.46. The summed E-state index contributed by atoms with van der Waals surface area (Å²) in [4.78, 5) is 30.3. The molecule has 6 rings (SSSR count). The van der Waals surface area contributed by atoms with Gasteiger partial charge in [-0.3, -0.25) is 9.78 Å². The lowest BCUT2D eigenvalue weighted by atomic mass is 10.0. The third-order valence-corrected chi connectivity index (χ3v) is 7.95. The first-order valence-corrected chi connectivity index (χ1v) is 13.6. The highest BCUT2D eigenvalue weighted by atomic mass is 79.9. The number of nitrogens with one attached hydrogen (secondary N) is 2. The summed E-state index contributed by atoms with van der Waals surface area (Å²) in [5.41, 5.74) is 2.55. The fraction of sp³-hybridized carbons (Fsp3) is 0.407. The van der Waals surface area contributed by atoms with Crippen LogP contribution in [0.15, 0.2) is 41.3 Å². The monoisotopic (exact) mass is 574 g/mol. The minimum absolute atomic E-state index is 0.0196. The van der Waals surface area contributed by atoms with Gasteiger partial charge in [-0.2, -0.15) is 5.10 Å². The first-order valence-electron chi connectivity index (χ1n) is 12.8. The summed E-state index contributed by atoms with van der Waals surface area (Å²) < 4.78 is 7.86. The Kier molecular flexibility index (Phi) is 7.02. The molecule has 0 spiro atoms. The van der Waals surface area contributed by atoms with Gasteiger partial charge in [0.15, 0.2) is 5.65 Å². The molecule has 4 heterocycles. The van der Waals surface area contributed by atoms with Gasteiger partial charge in [-0.15, -0.1) is 0 Å². The zero-order chi connectivity index (χ0) is 26.1. The van der Waals surface area contributed by atoms with Gasteiger partial charge in [0.1, 0.15) is 10.4 Å². The van der Waals surface area contributed by atoms with Crippen molar-refractivity contribution in [1.82, 2.24) is 35.4 Å². The summed E-state index contributed by atoms with van der Waals surface area (Å²) in [6.07, 6.45) is 6.87. The lowest BCUT2D eigenvalue weighted by Crippen LogP contribution is -2.49. The maximum atomic E-state index is 12.8. The molecule has 2 aliphatic rings. The number of amides is 1. The van der Waals surface area contributed by atoms with E-state index in [1.807, 2.05) is 18.2 Å². The second-order valence-electron chi connectivity index (χ2n) is 9.93. The van der Waals surface area contributed by atoms with E-state index in [2.05, 4.69) is 46.5 Å². The molecule has 1 saturated carbocycles. The minimum Gasteiger partial charge on any atom is -0.378 e. The minimum atomic E-state index is 0.0196. The highest BCUT2D eigenvalue weighted by Crippen LogP contribution is 2.34. The van der Waals surface area contributed by atoms with Gasteiger partial charge in [0.25, 0.3) is 0 Å². The van der Waals surface area contributed by atoms with E-state index < -0.39 is 0 Å². The topological polar surface area (TPSA) is 111 Å². The number of fused-ring (bicyclic) bond motifs is 2. The SMILES string of the molecule is [C-]#[N+]c1cc(-n2nc(Br)c3cnc(C[C@@H]4CC[C@@H](C(=O)NC[C@@H]5COCCN5)C4)nc32)cc2cccnc12. The third kappa shape index (κ3) is 4.99. The lowest BCUT2D eigenvalue weighted by Gasteiger charge is -2.24. The Morgan fingerprint density at radius 3 is 3.08 bits per heavy atom. The first-order chi connectivity index (χ1) is 18.6. The molecular formula is C27H27BrN8O2. The zero-order valence-electron chi connectivity index (χ0n) is 20.7. The normalized spacial score (nSPS) is 21.5. The average molecular weight is 575 g/mol. The molecule has 194 valence electrons. The summed E-state index contributed by atoms with van der Waals surface area (Å²) in [6.45, 7) is 10.4. The molecule has 1 amide bonds. The van der Waals surface area contributed by atoms with E-state index in [1.54, 1.807) is 23.1 Å². The summed E-state index contributed by atoms with van der Waals surface area (Å²) >= 11 is 3.54. The van der Waals surface area contributed by atoms with Crippen molar-refractivity contribution in [2.75, 3.05) is 26.3 Å². The molecule has 2 N–H and O–H groups in total. The van der Waals surface area contributed by atoms with E-state index in [0.29, 0.717) is 46.9 Å². The van der Waals surface area contributed by atoms with Crippen LogP contribution in [0.5, 0.6) is 0 Å². The number of pyridine rings is 1. The number of carbonyl (C=O) groups is 1. The Balaban J connectivity index is 1.19. The van der Waals surface area contributed by atoms with Crippen LogP contribution >= 0.6 is 15.9 Å². The molecule has 1 aliphatic heterocycles. The van der Waals surface area contributed by atoms with Crippen molar-refractivity contribution in [1.29, 1.82) is 0 Å². The fourth-order valence-corrected chi connectivity index (χ4v) is 5.86. The smallest absolute Gasteiger partial charge is 0.223 e. The Morgan fingerprint density at radius 1 is 1.32 bits per heavy atom. The molecule has 3 atom stereocenters. The van der Waals surface area contributed by atoms with Gasteiger partial charge in [-0.1, -0.05) is 6.07 Å².